The lowest BCUT2D eigenvalue weighted by Crippen LogP contribution is -2.52. The Labute approximate surface area is 307 Å². The van der Waals surface area contributed by atoms with Crippen molar-refractivity contribution in [2.45, 2.75) is 103 Å². The summed E-state index contributed by atoms with van der Waals surface area (Å²) in [7, 11) is 0. The molecule has 5 rings (SSSR count). The molecule has 3 aromatic carbocycles. The van der Waals surface area contributed by atoms with Crippen molar-refractivity contribution < 1.29 is 24.2 Å². The van der Waals surface area contributed by atoms with Crippen molar-refractivity contribution in [1.82, 2.24) is 20.2 Å². The van der Waals surface area contributed by atoms with Gasteiger partial charge < -0.3 is 20.1 Å². The van der Waals surface area contributed by atoms with Gasteiger partial charge in [0.2, 0.25) is 5.91 Å². The highest BCUT2D eigenvalue weighted by Gasteiger charge is 2.37. The van der Waals surface area contributed by atoms with Gasteiger partial charge in [-0.05, 0) is 72.1 Å². The number of nitrogens with zero attached hydrogens (tertiary/aromatic N) is 3. The number of carbonyl (C=O) groups is 3. The number of unbranched alkanes of at least 4 members (excludes halogenated alkanes) is 4. The number of aliphatic carboxylic acids is 1. The molecule has 0 unspecified atom stereocenters. The number of nitrogens with one attached hydrogen (secondary N) is 1. The number of likely N-dealkylation sites (tertiary alicyclic amines) is 1. The number of carboxylic acid groups (broad SMARTS) is 1. The number of ether oxygens (including phenoxy) is 1. The molecule has 1 fully saturated rings. The average molecular weight is 705 g/mol. The van der Waals surface area contributed by atoms with Gasteiger partial charge in [0.25, 0.3) is 5.91 Å². The van der Waals surface area contributed by atoms with E-state index in [-0.39, 0.29) is 17.7 Å². The second-order valence-corrected chi connectivity index (χ2v) is 14.4. The summed E-state index contributed by atoms with van der Waals surface area (Å²) >= 11 is 0. The van der Waals surface area contributed by atoms with Crippen LogP contribution in [0.2, 0.25) is 0 Å². The van der Waals surface area contributed by atoms with E-state index < -0.39 is 24.0 Å². The summed E-state index contributed by atoms with van der Waals surface area (Å²) in [6, 6.07) is 21.2. The number of hydrogen-bond donors (Lipinski definition) is 2. The minimum atomic E-state index is -1.03. The third-order valence-electron chi connectivity index (χ3n) is 10.2. The summed E-state index contributed by atoms with van der Waals surface area (Å²) in [5, 5.41) is 12.7. The molecule has 9 nitrogen and oxygen atoms in total. The minimum absolute atomic E-state index is 0.0247. The summed E-state index contributed by atoms with van der Waals surface area (Å²) in [4.78, 5) is 49.8. The average Bonchev–Trinajstić information content (AvgIpc) is 3.67. The molecule has 2 atom stereocenters. The van der Waals surface area contributed by atoms with Crippen LogP contribution in [0.3, 0.4) is 0 Å². The van der Waals surface area contributed by atoms with Crippen LogP contribution in [0.15, 0.2) is 85.2 Å². The summed E-state index contributed by atoms with van der Waals surface area (Å²) in [6.45, 7) is 9.72. The molecule has 0 bridgehead atoms. The Hall–Kier alpha value is -5.05. The number of amides is 2. The van der Waals surface area contributed by atoms with Gasteiger partial charge in [-0.1, -0.05) is 102 Å². The van der Waals surface area contributed by atoms with Crippen molar-refractivity contribution in [3.05, 3.63) is 102 Å². The van der Waals surface area contributed by atoms with E-state index in [2.05, 4.69) is 43.0 Å². The largest absolute Gasteiger partial charge is 0.494 e. The molecule has 2 N–H and O–H groups in total. The Morgan fingerprint density at radius 2 is 1.52 bits per heavy atom. The van der Waals surface area contributed by atoms with Crippen molar-refractivity contribution in [1.29, 1.82) is 0 Å². The molecule has 9 heteroatoms. The fraction of sp³-hybridized carbons (Fsp3) is 0.419. The topological polar surface area (TPSA) is 122 Å². The van der Waals surface area contributed by atoms with Gasteiger partial charge in [0.05, 0.1) is 6.61 Å². The highest BCUT2D eigenvalue weighted by atomic mass is 16.5. The van der Waals surface area contributed by atoms with Crippen LogP contribution in [0.5, 0.6) is 5.75 Å². The molecule has 0 radical (unpaired) electrons. The second-order valence-electron chi connectivity index (χ2n) is 14.4. The van der Waals surface area contributed by atoms with E-state index in [1.807, 2.05) is 60.7 Å². The SMILES string of the molecule is CCCCCCCOc1ccc(-c2cnc(-c3ccc(C[C@H](NC(=O)c4ccc(C(C)(C)CC)cc4)C(=O)N4CCC[C@H]4C(=O)O)cc3)nc2)cc1. The quantitative estimate of drug-likeness (QED) is 0.106. The normalized spacial score (nSPS) is 14.9. The lowest BCUT2D eigenvalue weighted by Gasteiger charge is -2.27. The van der Waals surface area contributed by atoms with Gasteiger partial charge in [0.15, 0.2) is 5.82 Å². The number of rotatable bonds is 17. The molecule has 52 heavy (non-hydrogen) atoms. The van der Waals surface area contributed by atoms with Crippen LogP contribution in [0, 0.1) is 0 Å². The predicted molar refractivity (Wildman–Crippen MR) is 204 cm³/mol. The first-order chi connectivity index (χ1) is 25.1. The molecular weight excluding hydrogens is 652 g/mol. The van der Waals surface area contributed by atoms with E-state index in [9.17, 15) is 19.5 Å². The van der Waals surface area contributed by atoms with Gasteiger partial charge in [-0.2, -0.15) is 0 Å². The zero-order valence-corrected chi connectivity index (χ0v) is 30.9. The Morgan fingerprint density at radius 1 is 0.865 bits per heavy atom. The molecular formula is C43H52N4O5. The Balaban J connectivity index is 1.25. The molecule has 1 aromatic heterocycles. The number of carbonyl (C=O) groups excluding carboxylic acids is 2. The first-order valence-corrected chi connectivity index (χ1v) is 18.7. The second kappa shape index (κ2) is 17.9. The first kappa shape index (κ1) is 38.2. The van der Waals surface area contributed by atoms with Crippen LogP contribution in [0.25, 0.3) is 22.5 Å². The molecule has 1 saturated heterocycles. The third kappa shape index (κ3) is 9.84. The maximum absolute atomic E-state index is 13.8. The van der Waals surface area contributed by atoms with Crippen LogP contribution < -0.4 is 10.1 Å². The molecule has 0 saturated carbocycles. The van der Waals surface area contributed by atoms with E-state index in [1.165, 1.54) is 30.6 Å². The van der Waals surface area contributed by atoms with Gasteiger partial charge in [0.1, 0.15) is 17.8 Å². The lowest BCUT2D eigenvalue weighted by atomic mass is 9.82. The van der Waals surface area contributed by atoms with Gasteiger partial charge in [0, 0.05) is 42.0 Å². The zero-order valence-electron chi connectivity index (χ0n) is 30.9. The van der Waals surface area contributed by atoms with Crippen molar-refractivity contribution in [2.24, 2.45) is 0 Å². The molecule has 4 aromatic rings. The van der Waals surface area contributed by atoms with E-state index in [1.54, 1.807) is 24.5 Å². The van der Waals surface area contributed by atoms with E-state index >= 15 is 0 Å². The summed E-state index contributed by atoms with van der Waals surface area (Å²) < 4.78 is 5.90. The number of carboxylic acids is 1. The van der Waals surface area contributed by atoms with E-state index in [4.69, 9.17) is 4.74 Å². The summed E-state index contributed by atoms with van der Waals surface area (Å²) in [5.74, 6) is -0.389. The van der Waals surface area contributed by atoms with Crippen LogP contribution in [0.4, 0.5) is 0 Å². The smallest absolute Gasteiger partial charge is 0.326 e. The minimum Gasteiger partial charge on any atom is -0.494 e. The van der Waals surface area contributed by atoms with Crippen LogP contribution in [-0.2, 0) is 21.4 Å². The molecule has 0 aliphatic carbocycles. The monoisotopic (exact) mass is 704 g/mol. The van der Waals surface area contributed by atoms with Crippen LogP contribution in [-0.4, -0.2) is 63.0 Å². The first-order valence-electron chi connectivity index (χ1n) is 18.7. The number of benzene rings is 3. The van der Waals surface area contributed by atoms with Gasteiger partial charge >= 0.3 is 5.97 Å². The maximum atomic E-state index is 13.8. The lowest BCUT2D eigenvalue weighted by molar-refractivity contribution is -0.148. The number of aromatic nitrogens is 2. The van der Waals surface area contributed by atoms with Crippen molar-refractivity contribution >= 4 is 17.8 Å². The Kier molecular flexibility index (Phi) is 13.2. The van der Waals surface area contributed by atoms with E-state index in [0.29, 0.717) is 30.8 Å². The molecule has 274 valence electrons. The van der Waals surface area contributed by atoms with Crippen molar-refractivity contribution in [3.63, 3.8) is 0 Å². The molecule has 1 aliphatic heterocycles. The number of hydrogen-bond acceptors (Lipinski definition) is 6. The molecule has 2 heterocycles. The third-order valence-corrected chi connectivity index (χ3v) is 10.2. The van der Waals surface area contributed by atoms with E-state index in [0.717, 1.165) is 53.0 Å². The van der Waals surface area contributed by atoms with Crippen molar-refractivity contribution in [3.8, 4) is 28.3 Å². The van der Waals surface area contributed by atoms with Crippen molar-refractivity contribution in [2.75, 3.05) is 13.2 Å². The molecule has 1 aliphatic rings. The highest BCUT2D eigenvalue weighted by Crippen LogP contribution is 2.27. The van der Waals surface area contributed by atoms with Gasteiger partial charge in [-0.3, -0.25) is 9.59 Å². The Morgan fingerprint density at radius 3 is 2.15 bits per heavy atom. The van der Waals surface area contributed by atoms with Gasteiger partial charge in [-0.15, -0.1) is 0 Å². The van der Waals surface area contributed by atoms with Crippen LogP contribution >= 0.6 is 0 Å². The molecule has 0 spiro atoms. The zero-order chi connectivity index (χ0) is 37.1. The molecule has 2 amide bonds. The summed E-state index contributed by atoms with van der Waals surface area (Å²) in [5.41, 5.74) is 5.06. The fourth-order valence-electron chi connectivity index (χ4n) is 6.50. The Bertz CT molecular complexity index is 1770. The van der Waals surface area contributed by atoms with Gasteiger partial charge in [-0.25, -0.2) is 14.8 Å². The maximum Gasteiger partial charge on any atom is 0.326 e. The highest BCUT2D eigenvalue weighted by molar-refractivity contribution is 5.98. The summed E-state index contributed by atoms with van der Waals surface area (Å²) in [6.07, 6.45) is 11.8. The fourth-order valence-corrected chi connectivity index (χ4v) is 6.50. The predicted octanol–water partition coefficient (Wildman–Crippen LogP) is 8.26. The van der Waals surface area contributed by atoms with Crippen LogP contribution in [0.1, 0.15) is 101 Å². The standard InChI is InChI=1S/C43H52N4O5/c1-5-7-8-9-10-26-52-36-23-19-31(20-24-36)34-28-44-39(45-29-34)32-15-13-30(14-16-32)27-37(41(49)47-25-11-12-38(47)42(50)51)46-40(48)33-17-21-35(22-18-33)43(3,4)6-2/h13-24,28-29,37-38H,5-12,25-27H2,1-4H3,(H,46,48)(H,50,51)/t37-,38-/m0/s1.